The van der Waals surface area contributed by atoms with Crippen molar-refractivity contribution in [3.05, 3.63) is 21.7 Å². The number of hydrogen-bond acceptors (Lipinski definition) is 2. The van der Waals surface area contributed by atoms with Gasteiger partial charge in [-0.15, -0.1) is 0 Å². The predicted octanol–water partition coefficient (Wildman–Crippen LogP) is 4.55. The van der Waals surface area contributed by atoms with Crippen LogP contribution in [0.2, 0.25) is 0 Å². The van der Waals surface area contributed by atoms with Gasteiger partial charge in [0.05, 0.1) is 4.47 Å². The monoisotopic (exact) mass is 300 g/mol. The van der Waals surface area contributed by atoms with Crippen LogP contribution in [-0.4, -0.2) is 10.2 Å². The van der Waals surface area contributed by atoms with Crippen LogP contribution in [0.3, 0.4) is 0 Å². The molecule has 2 N–H and O–H groups in total. The van der Waals surface area contributed by atoms with E-state index in [0.29, 0.717) is 4.47 Å². The molecule has 0 atom stereocenters. The van der Waals surface area contributed by atoms with Crippen LogP contribution >= 0.6 is 15.9 Å². The number of aryl methyl sites for hydroxylation is 1. The van der Waals surface area contributed by atoms with Gasteiger partial charge in [-0.25, -0.2) is 0 Å². The molecule has 0 unspecified atom stereocenters. The average molecular weight is 301 g/mol. The van der Waals surface area contributed by atoms with E-state index in [1.807, 2.05) is 0 Å². The molecule has 17 heavy (non-hydrogen) atoms. The molecule has 1 aromatic rings. The number of unbranched alkanes of at least 4 members (excludes halogenated alkanes) is 2. The highest BCUT2D eigenvalue weighted by molar-refractivity contribution is 9.10. The van der Waals surface area contributed by atoms with Crippen molar-refractivity contribution in [3.63, 3.8) is 0 Å². The van der Waals surface area contributed by atoms with Crippen LogP contribution < -0.4 is 0 Å². The van der Waals surface area contributed by atoms with Crippen LogP contribution in [0.15, 0.2) is 10.5 Å². The van der Waals surface area contributed by atoms with Gasteiger partial charge < -0.3 is 10.2 Å². The third-order valence-corrected chi connectivity index (χ3v) is 3.85. The van der Waals surface area contributed by atoms with Crippen molar-refractivity contribution >= 4 is 15.9 Å². The number of benzene rings is 1. The maximum absolute atomic E-state index is 9.74. The van der Waals surface area contributed by atoms with Crippen molar-refractivity contribution < 1.29 is 10.2 Å². The van der Waals surface area contributed by atoms with Gasteiger partial charge in [0.25, 0.3) is 0 Å². The first-order valence-corrected chi connectivity index (χ1v) is 7.13. The van der Waals surface area contributed by atoms with Gasteiger partial charge in [-0.05, 0) is 58.8 Å². The number of hydrogen-bond donors (Lipinski definition) is 2. The van der Waals surface area contributed by atoms with Gasteiger partial charge in [0.2, 0.25) is 0 Å². The van der Waals surface area contributed by atoms with E-state index in [1.165, 1.54) is 0 Å². The summed E-state index contributed by atoms with van der Waals surface area (Å²) in [5.74, 6) is -0.0559. The maximum Gasteiger partial charge on any atom is 0.172 e. The lowest BCUT2D eigenvalue weighted by atomic mass is 9.97. The lowest BCUT2D eigenvalue weighted by Crippen LogP contribution is -1.97. The van der Waals surface area contributed by atoms with Crippen LogP contribution in [0, 0.1) is 0 Å². The van der Waals surface area contributed by atoms with Crippen molar-refractivity contribution in [1.29, 1.82) is 0 Å². The van der Waals surface area contributed by atoms with Crippen molar-refractivity contribution in [2.24, 2.45) is 0 Å². The van der Waals surface area contributed by atoms with Crippen LogP contribution in [0.5, 0.6) is 11.5 Å². The highest BCUT2D eigenvalue weighted by atomic mass is 79.9. The molecule has 0 aliphatic rings. The largest absolute Gasteiger partial charge is 0.504 e. The molecule has 0 saturated heterocycles. The third kappa shape index (κ3) is 3.63. The first-order chi connectivity index (χ1) is 8.11. The summed E-state index contributed by atoms with van der Waals surface area (Å²) in [7, 11) is 0. The molecule has 0 aliphatic carbocycles. The number of phenols is 2. The van der Waals surface area contributed by atoms with Crippen LogP contribution in [0.1, 0.15) is 50.7 Å². The number of halogens is 1. The highest BCUT2D eigenvalue weighted by Crippen LogP contribution is 2.39. The Balaban J connectivity index is 3.06. The Morgan fingerprint density at radius 1 is 1.06 bits per heavy atom. The molecule has 1 rings (SSSR count). The van der Waals surface area contributed by atoms with Gasteiger partial charge in [-0.3, -0.25) is 0 Å². The number of phenolic OH excluding ortho intramolecular Hbond substituents is 2. The van der Waals surface area contributed by atoms with Crippen molar-refractivity contribution in [3.8, 4) is 11.5 Å². The molecule has 0 heterocycles. The summed E-state index contributed by atoms with van der Waals surface area (Å²) in [5.41, 5.74) is 2.30. The molecule has 0 spiro atoms. The van der Waals surface area contributed by atoms with Crippen LogP contribution in [0.25, 0.3) is 0 Å². The molecule has 0 radical (unpaired) electrons. The predicted molar refractivity (Wildman–Crippen MR) is 74.7 cm³/mol. The van der Waals surface area contributed by atoms with E-state index in [-0.39, 0.29) is 11.5 Å². The Morgan fingerprint density at radius 2 is 1.65 bits per heavy atom. The SMILES string of the molecule is CCCCc1cc(O)c(O)c(Br)c1CCCC. The zero-order valence-corrected chi connectivity index (χ0v) is 12.2. The Hall–Kier alpha value is -0.700. The Labute approximate surface area is 112 Å². The summed E-state index contributed by atoms with van der Waals surface area (Å²) < 4.78 is 0.664. The molecule has 0 amide bonds. The maximum atomic E-state index is 9.74. The van der Waals surface area contributed by atoms with E-state index in [4.69, 9.17) is 0 Å². The van der Waals surface area contributed by atoms with Gasteiger partial charge in [0, 0.05) is 0 Å². The fourth-order valence-electron chi connectivity index (χ4n) is 1.93. The molecule has 2 nitrogen and oxygen atoms in total. The first kappa shape index (κ1) is 14.4. The minimum atomic E-state index is -0.0312. The van der Waals surface area contributed by atoms with Gasteiger partial charge in [-0.1, -0.05) is 26.7 Å². The van der Waals surface area contributed by atoms with Crippen LogP contribution in [0.4, 0.5) is 0 Å². The number of rotatable bonds is 6. The van der Waals surface area contributed by atoms with Gasteiger partial charge >= 0.3 is 0 Å². The lowest BCUT2D eigenvalue weighted by molar-refractivity contribution is 0.399. The molecule has 0 saturated carbocycles. The summed E-state index contributed by atoms with van der Waals surface area (Å²) in [6, 6.07) is 1.71. The van der Waals surface area contributed by atoms with E-state index >= 15 is 0 Å². The minimum absolute atomic E-state index is 0.0248. The second kappa shape index (κ2) is 6.90. The molecule has 0 aromatic heterocycles. The molecule has 96 valence electrons. The van der Waals surface area contributed by atoms with E-state index in [9.17, 15) is 10.2 Å². The molecule has 1 aromatic carbocycles. The first-order valence-electron chi connectivity index (χ1n) is 6.33. The highest BCUT2D eigenvalue weighted by Gasteiger charge is 2.14. The van der Waals surface area contributed by atoms with Crippen molar-refractivity contribution in [1.82, 2.24) is 0 Å². The molecule has 0 fully saturated rings. The van der Waals surface area contributed by atoms with E-state index < -0.39 is 0 Å². The Kier molecular flexibility index (Phi) is 5.83. The summed E-state index contributed by atoms with van der Waals surface area (Å²) in [5, 5.41) is 19.4. The zero-order chi connectivity index (χ0) is 12.8. The lowest BCUT2D eigenvalue weighted by Gasteiger charge is -2.14. The fraction of sp³-hybridized carbons (Fsp3) is 0.571. The summed E-state index contributed by atoms with van der Waals surface area (Å²) in [6.07, 6.45) is 6.37. The summed E-state index contributed by atoms with van der Waals surface area (Å²) >= 11 is 3.39. The topological polar surface area (TPSA) is 40.5 Å². The normalized spacial score (nSPS) is 10.8. The average Bonchev–Trinajstić information content (AvgIpc) is 2.32. The zero-order valence-electron chi connectivity index (χ0n) is 10.6. The second-order valence-corrected chi connectivity index (χ2v) is 5.20. The smallest absolute Gasteiger partial charge is 0.172 e. The Bertz CT molecular complexity index is 375. The third-order valence-electron chi connectivity index (χ3n) is 2.99. The summed E-state index contributed by atoms with van der Waals surface area (Å²) in [6.45, 7) is 4.31. The van der Waals surface area contributed by atoms with E-state index in [0.717, 1.165) is 49.7 Å². The van der Waals surface area contributed by atoms with E-state index in [1.54, 1.807) is 6.07 Å². The van der Waals surface area contributed by atoms with Gasteiger partial charge in [0.1, 0.15) is 0 Å². The molecular formula is C14H21BrO2. The fourth-order valence-corrected chi connectivity index (χ4v) is 2.59. The minimum Gasteiger partial charge on any atom is -0.504 e. The van der Waals surface area contributed by atoms with Crippen LogP contribution in [-0.2, 0) is 12.8 Å². The molecule has 0 bridgehead atoms. The molecule has 3 heteroatoms. The molecule has 0 aliphatic heterocycles. The van der Waals surface area contributed by atoms with Crippen molar-refractivity contribution in [2.45, 2.75) is 52.4 Å². The second-order valence-electron chi connectivity index (χ2n) is 4.40. The van der Waals surface area contributed by atoms with Gasteiger partial charge in [0.15, 0.2) is 11.5 Å². The Morgan fingerprint density at radius 3 is 2.24 bits per heavy atom. The summed E-state index contributed by atoms with van der Waals surface area (Å²) in [4.78, 5) is 0. The van der Waals surface area contributed by atoms with Gasteiger partial charge in [-0.2, -0.15) is 0 Å². The molecular weight excluding hydrogens is 280 g/mol. The standard InChI is InChI=1S/C14H21BrO2/c1-3-5-7-10-9-12(16)14(17)13(15)11(10)8-6-4-2/h9,16-17H,3-8H2,1-2H3. The quantitative estimate of drug-likeness (QED) is 0.757. The van der Waals surface area contributed by atoms with Crippen molar-refractivity contribution in [2.75, 3.05) is 0 Å². The number of aromatic hydroxyl groups is 2. The van der Waals surface area contributed by atoms with E-state index in [2.05, 4.69) is 29.8 Å².